The van der Waals surface area contributed by atoms with Crippen molar-refractivity contribution >= 4 is 11.5 Å². The van der Waals surface area contributed by atoms with Gasteiger partial charge in [-0.3, -0.25) is 4.79 Å². The van der Waals surface area contributed by atoms with Gasteiger partial charge in [0.05, 0.1) is 17.8 Å². The summed E-state index contributed by atoms with van der Waals surface area (Å²) in [4.78, 5) is 12.4. The maximum atomic E-state index is 13.4. The zero-order valence-corrected chi connectivity index (χ0v) is 9.01. The number of hydrogen-bond acceptors (Lipinski definition) is 2. The Morgan fingerprint density at radius 3 is 2.56 bits per heavy atom. The number of nitrogens with zero attached hydrogens (tertiary/aromatic N) is 1. The lowest BCUT2D eigenvalue weighted by molar-refractivity contribution is 0.101. The predicted octanol–water partition coefficient (Wildman–Crippen LogP) is 2.73. The van der Waals surface area contributed by atoms with Gasteiger partial charge >= 0.3 is 0 Å². The van der Waals surface area contributed by atoms with Gasteiger partial charge in [0.1, 0.15) is 5.82 Å². The van der Waals surface area contributed by atoms with Crippen LogP contribution in [0.2, 0.25) is 0 Å². The maximum absolute atomic E-state index is 13.4. The fourth-order valence-electron chi connectivity index (χ4n) is 1.48. The summed E-state index contributed by atoms with van der Waals surface area (Å²) in [5.41, 5.74) is 0.0402. The molecule has 0 spiro atoms. The van der Waals surface area contributed by atoms with Gasteiger partial charge in [-0.25, -0.2) is 13.2 Å². The van der Waals surface area contributed by atoms with Gasteiger partial charge in [0, 0.05) is 7.05 Å². The lowest BCUT2D eigenvalue weighted by atomic mass is 10.1. The second kappa shape index (κ2) is 5.01. The van der Waals surface area contributed by atoms with Gasteiger partial charge in [-0.2, -0.15) is 0 Å². The second-order valence-corrected chi connectivity index (χ2v) is 3.46. The van der Waals surface area contributed by atoms with Gasteiger partial charge in [0.25, 0.3) is 6.43 Å². The molecule has 0 aliphatic rings. The van der Waals surface area contributed by atoms with Crippen molar-refractivity contribution in [3.8, 4) is 0 Å². The Labute approximate surface area is 91.7 Å². The number of halogens is 3. The minimum atomic E-state index is -2.53. The van der Waals surface area contributed by atoms with Crippen molar-refractivity contribution in [2.75, 3.05) is 18.5 Å². The number of benzene rings is 1. The third-order valence-corrected chi connectivity index (χ3v) is 2.17. The van der Waals surface area contributed by atoms with Gasteiger partial charge in [-0.1, -0.05) is 6.07 Å². The third-order valence-electron chi connectivity index (χ3n) is 2.17. The van der Waals surface area contributed by atoms with Crippen molar-refractivity contribution in [3.05, 3.63) is 29.6 Å². The third kappa shape index (κ3) is 2.74. The van der Waals surface area contributed by atoms with Crippen molar-refractivity contribution in [1.29, 1.82) is 0 Å². The number of hydrogen-bond donors (Lipinski definition) is 0. The zero-order chi connectivity index (χ0) is 12.3. The number of carbonyl (C=O) groups excluding carboxylic acids is 1. The van der Waals surface area contributed by atoms with E-state index in [0.29, 0.717) is 0 Å². The molecular formula is C11H12F3NO. The van der Waals surface area contributed by atoms with E-state index in [0.717, 1.165) is 6.07 Å². The second-order valence-electron chi connectivity index (χ2n) is 3.46. The molecule has 88 valence electrons. The molecule has 0 atom stereocenters. The van der Waals surface area contributed by atoms with E-state index in [2.05, 4.69) is 0 Å². The maximum Gasteiger partial charge on any atom is 0.255 e. The van der Waals surface area contributed by atoms with Gasteiger partial charge < -0.3 is 4.90 Å². The van der Waals surface area contributed by atoms with Crippen LogP contribution in [0, 0.1) is 5.82 Å². The molecule has 0 saturated heterocycles. The molecule has 0 unspecified atom stereocenters. The van der Waals surface area contributed by atoms with Crippen LogP contribution in [0.1, 0.15) is 17.3 Å². The molecule has 0 aromatic heterocycles. The Morgan fingerprint density at radius 2 is 2.06 bits per heavy atom. The summed E-state index contributed by atoms with van der Waals surface area (Å²) in [7, 11) is 1.40. The van der Waals surface area contributed by atoms with Crippen LogP contribution in [0.15, 0.2) is 18.2 Å². The summed E-state index contributed by atoms with van der Waals surface area (Å²) < 4.78 is 37.7. The number of Topliss-reactive ketones (excluding diaryl/α,β-unsaturated/α-hetero) is 1. The van der Waals surface area contributed by atoms with E-state index in [1.165, 1.54) is 31.0 Å². The molecule has 0 radical (unpaired) electrons. The zero-order valence-electron chi connectivity index (χ0n) is 9.01. The number of ketones is 1. The lowest BCUT2D eigenvalue weighted by Crippen LogP contribution is -2.26. The smallest absolute Gasteiger partial charge is 0.255 e. The Hall–Kier alpha value is -1.52. The van der Waals surface area contributed by atoms with E-state index in [1.807, 2.05) is 0 Å². The molecule has 0 amide bonds. The number of carbonyl (C=O) groups is 1. The SMILES string of the molecule is CC(=O)c1c(F)cccc1N(C)CC(F)F. The Balaban J connectivity index is 3.12. The first-order chi connectivity index (χ1) is 7.43. The number of alkyl halides is 2. The summed E-state index contributed by atoms with van der Waals surface area (Å²) in [6.07, 6.45) is -2.53. The van der Waals surface area contributed by atoms with E-state index in [-0.39, 0.29) is 11.3 Å². The molecule has 1 aromatic carbocycles. The van der Waals surface area contributed by atoms with Crippen LogP contribution in [0.25, 0.3) is 0 Å². The molecule has 0 N–H and O–H groups in total. The average Bonchev–Trinajstić information content (AvgIpc) is 2.15. The van der Waals surface area contributed by atoms with Crippen LogP contribution < -0.4 is 4.90 Å². The minimum Gasteiger partial charge on any atom is -0.368 e. The van der Waals surface area contributed by atoms with Crippen molar-refractivity contribution in [2.24, 2.45) is 0 Å². The molecule has 1 rings (SSSR count). The summed E-state index contributed by atoms with van der Waals surface area (Å²) >= 11 is 0. The van der Waals surface area contributed by atoms with Crippen molar-refractivity contribution in [1.82, 2.24) is 0 Å². The molecule has 0 heterocycles. The first-order valence-corrected chi connectivity index (χ1v) is 4.72. The van der Waals surface area contributed by atoms with Crippen LogP contribution in [0.5, 0.6) is 0 Å². The van der Waals surface area contributed by atoms with Gasteiger partial charge in [0.15, 0.2) is 5.78 Å². The van der Waals surface area contributed by atoms with Gasteiger partial charge in [0.2, 0.25) is 0 Å². The summed E-state index contributed by atoms with van der Waals surface area (Å²) in [6, 6.07) is 3.97. The largest absolute Gasteiger partial charge is 0.368 e. The highest BCUT2D eigenvalue weighted by atomic mass is 19.3. The quantitative estimate of drug-likeness (QED) is 0.742. The Bertz CT molecular complexity index is 393. The Kier molecular flexibility index (Phi) is 3.93. The summed E-state index contributed by atoms with van der Waals surface area (Å²) in [5.74, 6) is -1.17. The predicted molar refractivity (Wildman–Crippen MR) is 55.7 cm³/mol. The fraction of sp³-hybridized carbons (Fsp3) is 0.364. The van der Waals surface area contributed by atoms with E-state index in [4.69, 9.17) is 0 Å². The normalized spacial score (nSPS) is 10.6. The molecule has 16 heavy (non-hydrogen) atoms. The first-order valence-electron chi connectivity index (χ1n) is 4.72. The highest BCUT2D eigenvalue weighted by molar-refractivity contribution is 5.99. The first kappa shape index (κ1) is 12.5. The van der Waals surface area contributed by atoms with Gasteiger partial charge in [-0.15, -0.1) is 0 Å². The number of rotatable bonds is 4. The molecule has 2 nitrogen and oxygen atoms in total. The molecule has 0 aliphatic heterocycles. The Morgan fingerprint density at radius 1 is 1.44 bits per heavy atom. The van der Waals surface area contributed by atoms with E-state index in [1.54, 1.807) is 0 Å². The van der Waals surface area contributed by atoms with Crippen molar-refractivity contribution in [3.63, 3.8) is 0 Å². The van der Waals surface area contributed by atoms with Crippen LogP contribution in [-0.4, -0.2) is 25.8 Å². The van der Waals surface area contributed by atoms with Crippen LogP contribution in [0.4, 0.5) is 18.9 Å². The molecule has 0 bridgehead atoms. The summed E-state index contributed by atoms with van der Waals surface area (Å²) in [6.45, 7) is 0.669. The standard InChI is InChI=1S/C11H12F3NO/c1-7(16)11-8(12)4-3-5-9(11)15(2)6-10(13)14/h3-5,10H,6H2,1-2H3. The van der Waals surface area contributed by atoms with E-state index >= 15 is 0 Å². The average molecular weight is 231 g/mol. The topological polar surface area (TPSA) is 20.3 Å². The van der Waals surface area contributed by atoms with Crippen LogP contribution in [0.3, 0.4) is 0 Å². The van der Waals surface area contributed by atoms with Crippen LogP contribution in [-0.2, 0) is 0 Å². The molecular weight excluding hydrogens is 219 g/mol. The summed E-state index contributed by atoms with van der Waals surface area (Å²) in [5, 5.41) is 0. The van der Waals surface area contributed by atoms with Gasteiger partial charge in [-0.05, 0) is 19.1 Å². The van der Waals surface area contributed by atoms with E-state index in [9.17, 15) is 18.0 Å². The highest BCUT2D eigenvalue weighted by Crippen LogP contribution is 2.23. The molecule has 0 saturated carbocycles. The molecule has 1 aromatic rings. The van der Waals surface area contributed by atoms with Crippen molar-refractivity contribution in [2.45, 2.75) is 13.3 Å². The number of anilines is 1. The fourth-order valence-corrected chi connectivity index (χ4v) is 1.48. The monoisotopic (exact) mass is 231 g/mol. The lowest BCUT2D eigenvalue weighted by Gasteiger charge is -2.21. The molecule has 0 aliphatic carbocycles. The molecule has 0 fully saturated rings. The van der Waals surface area contributed by atoms with Crippen LogP contribution >= 0.6 is 0 Å². The minimum absolute atomic E-state index is 0.148. The van der Waals surface area contributed by atoms with E-state index < -0.39 is 24.6 Å². The molecule has 5 heteroatoms. The highest BCUT2D eigenvalue weighted by Gasteiger charge is 2.17. The van der Waals surface area contributed by atoms with Crippen molar-refractivity contribution < 1.29 is 18.0 Å².